The number of ether oxygens (including phenoxy) is 1. The molecule has 140 valence electrons. The lowest BCUT2D eigenvalue weighted by atomic mass is 9.86. The van der Waals surface area contributed by atoms with E-state index in [1.165, 1.54) is 22.3 Å². The van der Waals surface area contributed by atoms with Crippen molar-refractivity contribution in [3.63, 3.8) is 0 Å². The van der Waals surface area contributed by atoms with E-state index >= 15 is 0 Å². The number of nitrogens with one attached hydrogen (secondary N) is 1. The molecule has 2 aliphatic rings. The predicted molar refractivity (Wildman–Crippen MR) is 102 cm³/mol. The molecule has 0 aromatic heterocycles. The Bertz CT molecular complexity index is 817. The normalized spacial score (nSPS) is 21.2. The number of carboxylic acid groups (broad SMARTS) is 1. The molecule has 1 unspecified atom stereocenters. The first-order valence-electron chi connectivity index (χ1n) is 9.48. The van der Waals surface area contributed by atoms with Crippen molar-refractivity contribution < 1.29 is 19.4 Å². The van der Waals surface area contributed by atoms with E-state index in [4.69, 9.17) is 4.74 Å². The largest absolute Gasteiger partial charge is 0.481 e. The van der Waals surface area contributed by atoms with Crippen LogP contribution in [-0.2, 0) is 9.53 Å². The van der Waals surface area contributed by atoms with Gasteiger partial charge in [0.05, 0.1) is 5.92 Å². The van der Waals surface area contributed by atoms with Crippen LogP contribution in [0.15, 0.2) is 48.5 Å². The summed E-state index contributed by atoms with van der Waals surface area (Å²) in [6, 6.07) is 16.3. The molecule has 0 heterocycles. The van der Waals surface area contributed by atoms with Crippen molar-refractivity contribution in [2.75, 3.05) is 6.61 Å². The molecule has 4 rings (SSSR count). The zero-order valence-corrected chi connectivity index (χ0v) is 15.1. The van der Waals surface area contributed by atoms with E-state index in [1.807, 2.05) is 24.3 Å². The topological polar surface area (TPSA) is 75.6 Å². The van der Waals surface area contributed by atoms with Gasteiger partial charge in [0, 0.05) is 12.0 Å². The summed E-state index contributed by atoms with van der Waals surface area (Å²) in [5, 5.41) is 12.0. The van der Waals surface area contributed by atoms with Crippen LogP contribution in [0.25, 0.3) is 11.1 Å². The van der Waals surface area contributed by atoms with Gasteiger partial charge in [-0.3, -0.25) is 4.79 Å². The van der Waals surface area contributed by atoms with Crippen LogP contribution in [0.2, 0.25) is 0 Å². The van der Waals surface area contributed by atoms with Gasteiger partial charge < -0.3 is 15.2 Å². The van der Waals surface area contributed by atoms with E-state index in [0.29, 0.717) is 12.8 Å². The molecule has 0 radical (unpaired) electrons. The number of rotatable bonds is 4. The smallest absolute Gasteiger partial charge is 0.407 e. The minimum atomic E-state index is -0.783. The maximum absolute atomic E-state index is 12.3. The highest BCUT2D eigenvalue weighted by Crippen LogP contribution is 2.44. The fourth-order valence-corrected chi connectivity index (χ4v) is 4.35. The zero-order chi connectivity index (χ0) is 18.8. The van der Waals surface area contributed by atoms with Crippen molar-refractivity contribution in [2.45, 2.75) is 37.6 Å². The van der Waals surface area contributed by atoms with Gasteiger partial charge in [-0.2, -0.15) is 0 Å². The minimum Gasteiger partial charge on any atom is -0.481 e. The summed E-state index contributed by atoms with van der Waals surface area (Å²) in [7, 11) is 0. The Morgan fingerprint density at radius 3 is 2.26 bits per heavy atom. The van der Waals surface area contributed by atoms with Crippen molar-refractivity contribution in [1.29, 1.82) is 0 Å². The van der Waals surface area contributed by atoms with Crippen LogP contribution >= 0.6 is 0 Å². The molecule has 1 saturated carbocycles. The van der Waals surface area contributed by atoms with E-state index in [2.05, 4.69) is 29.6 Å². The summed E-state index contributed by atoms with van der Waals surface area (Å²) in [4.78, 5) is 23.5. The highest BCUT2D eigenvalue weighted by Gasteiger charge is 2.30. The predicted octanol–water partition coefficient (Wildman–Crippen LogP) is 4.17. The van der Waals surface area contributed by atoms with Gasteiger partial charge >= 0.3 is 12.1 Å². The summed E-state index contributed by atoms with van der Waals surface area (Å²) >= 11 is 0. The van der Waals surface area contributed by atoms with Crippen LogP contribution in [0.1, 0.15) is 42.7 Å². The van der Waals surface area contributed by atoms with Crippen molar-refractivity contribution in [1.82, 2.24) is 5.32 Å². The molecule has 2 aromatic rings. The Hall–Kier alpha value is -2.82. The second-order valence-electron chi connectivity index (χ2n) is 7.37. The maximum Gasteiger partial charge on any atom is 0.407 e. The molecule has 2 aromatic carbocycles. The van der Waals surface area contributed by atoms with Crippen LogP contribution in [0.3, 0.4) is 0 Å². The first kappa shape index (κ1) is 17.6. The number of amides is 1. The number of benzene rings is 2. The quantitative estimate of drug-likeness (QED) is 0.853. The Kier molecular flexibility index (Phi) is 4.84. The number of hydrogen-bond acceptors (Lipinski definition) is 3. The SMILES string of the molecule is O=C(NC1CCC[C@@H](C(=O)O)C1)OCC1c2ccccc2-c2ccccc21. The van der Waals surface area contributed by atoms with Crippen molar-refractivity contribution >= 4 is 12.1 Å². The summed E-state index contributed by atoms with van der Waals surface area (Å²) in [5.74, 6) is -1.13. The third kappa shape index (κ3) is 3.54. The lowest BCUT2D eigenvalue weighted by Crippen LogP contribution is -2.40. The molecule has 2 atom stereocenters. The number of carbonyl (C=O) groups is 2. The van der Waals surface area contributed by atoms with Gasteiger partial charge in [0.1, 0.15) is 6.61 Å². The van der Waals surface area contributed by atoms with E-state index < -0.39 is 12.1 Å². The Morgan fingerprint density at radius 2 is 1.63 bits per heavy atom. The van der Waals surface area contributed by atoms with Crippen LogP contribution in [-0.4, -0.2) is 29.8 Å². The Morgan fingerprint density at radius 1 is 1.00 bits per heavy atom. The highest BCUT2D eigenvalue weighted by atomic mass is 16.5. The number of carbonyl (C=O) groups excluding carboxylic acids is 1. The molecule has 0 saturated heterocycles. The molecule has 5 heteroatoms. The highest BCUT2D eigenvalue weighted by molar-refractivity contribution is 5.79. The van der Waals surface area contributed by atoms with Crippen molar-refractivity contribution in [2.24, 2.45) is 5.92 Å². The zero-order valence-electron chi connectivity index (χ0n) is 15.1. The molecule has 27 heavy (non-hydrogen) atoms. The van der Waals surface area contributed by atoms with Gasteiger partial charge in [-0.15, -0.1) is 0 Å². The second kappa shape index (κ2) is 7.43. The third-order valence-electron chi connectivity index (χ3n) is 5.69. The molecule has 0 bridgehead atoms. The molecule has 0 spiro atoms. The van der Waals surface area contributed by atoms with Crippen LogP contribution in [0.5, 0.6) is 0 Å². The number of fused-ring (bicyclic) bond motifs is 3. The van der Waals surface area contributed by atoms with Crippen LogP contribution in [0, 0.1) is 5.92 Å². The van der Waals surface area contributed by atoms with E-state index in [-0.39, 0.29) is 24.5 Å². The van der Waals surface area contributed by atoms with E-state index in [9.17, 15) is 14.7 Å². The monoisotopic (exact) mass is 365 g/mol. The molecular weight excluding hydrogens is 342 g/mol. The average molecular weight is 365 g/mol. The van der Waals surface area contributed by atoms with Crippen molar-refractivity contribution in [3.05, 3.63) is 59.7 Å². The number of aliphatic carboxylic acids is 1. The standard InChI is InChI=1S/C22H23NO4/c24-21(25)14-6-5-7-15(12-14)23-22(26)27-13-20-18-10-3-1-8-16(18)17-9-2-4-11-19(17)20/h1-4,8-11,14-15,20H,5-7,12-13H2,(H,23,26)(H,24,25)/t14-,15?/m1/s1. The second-order valence-corrected chi connectivity index (χ2v) is 7.37. The molecule has 0 aliphatic heterocycles. The van der Waals surface area contributed by atoms with Gasteiger partial charge in [0.25, 0.3) is 0 Å². The van der Waals surface area contributed by atoms with Gasteiger partial charge in [0.2, 0.25) is 0 Å². The van der Waals surface area contributed by atoms with E-state index in [0.717, 1.165) is 12.8 Å². The summed E-state index contributed by atoms with van der Waals surface area (Å²) < 4.78 is 5.54. The summed E-state index contributed by atoms with van der Waals surface area (Å²) in [5.41, 5.74) is 4.74. The molecule has 5 nitrogen and oxygen atoms in total. The molecule has 1 fully saturated rings. The molecular formula is C22H23NO4. The fourth-order valence-electron chi connectivity index (χ4n) is 4.35. The fraction of sp³-hybridized carbons (Fsp3) is 0.364. The third-order valence-corrected chi connectivity index (χ3v) is 5.69. The lowest BCUT2D eigenvalue weighted by Gasteiger charge is -2.27. The van der Waals surface area contributed by atoms with E-state index in [1.54, 1.807) is 0 Å². The summed E-state index contributed by atoms with van der Waals surface area (Å²) in [6.45, 7) is 0.273. The number of hydrogen-bond donors (Lipinski definition) is 2. The summed E-state index contributed by atoms with van der Waals surface area (Å²) in [6.07, 6.45) is 2.30. The van der Waals surface area contributed by atoms with Crippen LogP contribution < -0.4 is 5.32 Å². The maximum atomic E-state index is 12.3. The first-order valence-corrected chi connectivity index (χ1v) is 9.48. The Balaban J connectivity index is 1.40. The minimum absolute atomic E-state index is 0.0290. The van der Waals surface area contributed by atoms with Crippen molar-refractivity contribution in [3.8, 4) is 11.1 Å². The van der Waals surface area contributed by atoms with Gasteiger partial charge in [-0.25, -0.2) is 4.79 Å². The number of alkyl carbamates (subject to hydrolysis) is 1. The van der Waals surface area contributed by atoms with Gasteiger partial charge in [-0.05, 0) is 41.5 Å². The molecule has 2 N–H and O–H groups in total. The number of carboxylic acids is 1. The molecule has 2 aliphatic carbocycles. The lowest BCUT2D eigenvalue weighted by molar-refractivity contribution is -0.143. The average Bonchev–Trinajstić information content (AvgIpc) is 3.00. The Labute approximate surface area is 158 Å². The van der Waals surface area contributed by atoms with Gasteiger partial charge in [0.15, 0.2) is 0 Å². The first-order chi connectivity index (χ1) is 13.1. The van der Waals surface area contributed by atoms with Gasteiger partial charge in [-0.1, -0.05) is 55.0 Å². The van der Waals surface area contributed by atoms with Crippen LogP contribution in [0.4, 0.5) is 4.79 Å². The molecule has 1 amide bonds.